The molecule has 13 heavy (non-hydrogen) atoms. The molecule has 1 atom stereocenters. The second-order valence-electron chi connectivity index (χ2n) is 5.04. The number of fused-ring (bicyclic) bond motifs is 1. The molecular formula is C11H18N2. The van der Waals surface area contributed by atoms with E-state index in [1.807, 2.05) is 6.20 Å². The van der Waals surface area contributed by atoms with Gasteiger partial charge >= 0.3 is 0 Å². The first-order chi connectivity index (χ1) is 6.09. The third-order valence-electron chi connectivity index (χ3n) is 2.96. The number of rotatable bonds is 0. The molecule has 2 heteroatoms. The van der Waals surface area contributed by atoms with Crippen molar-refractivity contribution in [2.24, 2.45) is 5.41 Å². The Morgan fingerprint density at radius 2 is 2.23 bits per heavy atom. The van der Waals surface area contributed by atoms with Crippen molar-refractivity contribution in [2.75, 3.05) is 0 Å². The van der Waals surface area contributed by atoms with Crippen molar-refractivity contribution < 1.29 is 0 Å². The van der Waals surface area contributed by atoms with Crippen LogP contribution in [0.4, 0.5) is 0 Å². The van der Waals surface area contributed by atoms with Crippen LogP contribution in [0.3, 0.4) is 0 Å². The fraction of sp³-hybridized carbons (Fsp3) is 0.727. The van der Waals surface area contributed by atoms with Gasteiger partial charge < -0.3 is 0 Å². The Morgan fingerprint density at radius 1 is 1.46 bits per heavy atom. The van der Waals surface area contributed by atoms with Gasteiger partial charge in [-0.1, -0.05) is 20.8 Å². The maximum atomic E-state index is 4.42. The molecule has 0 amide bonds. The van der Waals surface area contributed by atoms with Gasteiger partial charge in [-0.15, -0.1) is 0 Å². The molecule has 1 aliphatic heterocycles. The lowest BCUT2D eigenvalue weighted by Gasteiger charge is -2.35. The smallest absolute Gasteiger partial charge is 0.0570 e. The number of aryl methyl sites for hydroxylation is 1. The first-order valence-corrected chi connectivity index (χ1v) is 5.11. The van der Waals surface area contributed by atoms with Crippen LogP contribution in [0.2, 0.25) is 0 Å². The Bertz CT molecular complexity index is 293. The lowest BCUT2D eigenvalue weighted by Crippen LogP contribution is -2.29. The highest BCUT2D eigenvalue weighted by atomic mass is 15.3. The minimum absolute atomic E-state index is 0.335. The molecule has 1 aromatic heterocycles. The predicted molar refractivity (Wildman–Crippen MR) is 53.7 cm³/mol. The summed E-state index contributed by atoms with van der Waals surface area (Å²) in [4.78, 5) is 0. The normalized spacial score (nSPS) is 22.8. The van der Waals surface area contributed by atoms with Gasteiger partial charge in [-0.3, -0.25) is 4.68 Å². The molecule has 0 aromatic carbocycles. The van der Waals surface area contributed by atoms with E-state index in [2.05, 4.69) is 36.6 Å². The molecule has 2 heterocycles. The second kappa shape index (κ2) is 2.86. The standard InChI is InChI=1S/C11H18N2/c1-11(2,3)10-6-4-5-9-7-8-12-13(9)10/h7-8,10H,4-6H2,1-3H3. The molecule has 1 aromatic rings. The Hall–Kier alpha value is -0.790. The quantitative estimate of drug-likeness (QED) is 0.597. The molecule has 0 fully saturated rings. The van der Waals surface area contributed by atoms with E-state index in [4.69, 9.17) is 0 Å². The monoisotopic (exact) mass is 178 g/mol. The van der Waals surface area contributed by atoms with E-state index in [9.17, 15) is 0 Å². The van der Waals surface area contributed by atoms with E-state index in [1.165, 1.54) is 25.0 Å². The summed E-state index contributed by atoms with van der Waals surface area (Å²) in [6.45, 7) is 6.90. The topological polar surface area (TPSA) is 17.8 Å². The molecule has 0 bridgehead atoms. The van der Waals surface area contributed by atoms with Gasteiger partial charge in [-0.2, -0.15) is 5.10 Å². The van der Waals surface area contributed by atoms with E-state index in [1.54, 1.807) is 0 Å². The maximum Gasteiger partial charge on any atom is 0.0570 e. The largest absolute Gasteiger partial charge is 0.266 e. The third kappa shape index (κ3) is 1.50. The molecule has 1 aliphatic rings. The Labute approximate surface area is 80.0 Å². The molecule has 2 rings (SSSR count). The van der Waals surface area contributed by atoms with Crippen LogP contribution in [0.25, 0.3) is 0 Å². The highest BCUT2D eigenvalue weighted by Crippen LogP contribution is 2.37. The van der Waals surface area contributed by atoms with Gasteiger partial charge in [0.15, 0.2) is 0 Å². The fourth-order valence-electron chi connectivity index (χ4n) is 2.22. The molecule has 2 nitrogen and oxygen atoms in total. The summed E-state index contributed by atoms with van der Waals surface area (Å²) in [5.74, 6) is 0. The molecule has 72 valence electrons. The highest BCUT2D eigenvalue weighted by Gasteiger charge is 2.30. The lowest BCUT2D eigenvalue weighted by atomic mass is 9.82. The maximum absolute atomic E-state index is 4.42. The van der Waals surface area contributed by atoms with Crippen molar-refractivity contribution in [3.8, 4) is 0 Å². The number of aromatic nitrogens is 2. The Balaban J connectivity index is 2.35. The molecule has 0 N–H and O–H groups in total. The van der Waals surface area contributed by atoms with Crippen molar-refractivity contribution in [2.45, 2.75) is 46.1 Å². The van der Waals surface area contributed by atoms with E-state index in [-0.39, 0.29) is 0 Å². The van der Waals surface area contributed by atoms with Crippen LogP contribution in [-0.2, 0) is 6.42 Å². The van der Waals surface area contributed by atoms with Crippen LogP contribution in [0.5, 0.6) is 0 Å². The number of nitrogens with zero attached hydrogens (tertiary/aromatic N) is 2. The summed E-state index contributed by atoms with van der Waals surface area (Å²) >= 11 is 0. The molecule has 0 saturated carbocycles. The minimum atomic E-state index is 0.335. The van der Waals surface area contributed by atoms with Gasteiger partial charge in [0.1, 0.15) is 0 Å². The van der Waals surface area contributed by atoms with Crippen molar-refractivity contribution in [3.05, 3.63) is 18.0 Å². The number of hydrogen-bond donors (Lipinski definition) is 0. The van der Waals surface area contributed by atoms with E-state index >= 15 is 0 Å². The van der Waals surface area contributed by atoms with Crippen molar-refractivity contribution >= 4 is 0 Å². The first kappa shape index (κ1) is 8.79. The lowest BCUT2D eigenvalue weighted by molar-refractivity contribution is 0.189. The molecule has 0 radical (unpaired) electrons. The summed E-state index contributed by atoms with van der Waals surface area (Å²) in [5, 5.41) is 4.42. The fourth-order valence-corrected chi connectivity index (χ4v) is 2.22. The van der Waals surface area contributed by atoms with Crippen LogP contribution in [-0.4, -0.2) is 9.78 Å². The summed E-state index contributed by atoms with van der Waals surface area (Å²) in [6.07, 6.45) is 5.72. The van der Waals surface area contributed by atoms with Gasteiger partial charge in [0, 0.05) is 11.9 Å². The SMILES string of the molecule is CC(C)(C)C1CCCc2ccnn21. The van der Waals surface area contributed by atoms with E-state index in [0.29, 0.717) is 11.5 Å². The van der Waals surface area contributed by atoms with E-state index < -0.39 is 0 Å². The summed E-state index contributed by atoms with van der Waals surface area (Å²) in [5.41, 5.74) is 1.74. The summed E-state index contributed by atoms with van der Waals surface area (Å²) in [6, 6.07) is 2.74. The zero-order valence-corrected chi connectivity index (χ0v) is 8.75. The Kier molecular flexibility index (Phi) is 1.94. The molecular weight excluding hydrogens is 160 g/mol. The minimum Gasteiger partial charge on any atom is -0.266 e. The van der Waals surface area contributed by atoms with Gasteiger partial charge in [-0.05, 0) is 30.7 Å². The summed E-state index contributed by atoms with van der Waals surface area (Å²) < 4.78 is 2.23. The van der Waals surface area contributed by atoms with Crippen LogP contribution < -0.4 is 0 Å². The van der Waals surface area contributed by atoms with E-state index in [0.717, 1.165) is 0 Å². The molecule has 0 spiro atoms. The highest BCUT2D eigenvalue weighted by molar-refractivity contribution is 5.06. The molecule has 0 aliphatic carbocycles. The van der Waals surface area contributed by atoms with Crippen LogP contribution >= 0.6 is 0 Å². The van der Waals surface area contributed by atoms with Gasteiger partial charge in [0.25, 0.3) is 0 Å². The average molecular weight is 178 g/mol. The average Bonchev–Trinajstić information content (AvgIpc) is 2.48. The van der Waals surface area contributed by atoms with Crippen molar-refractivity contribution in [3.63, 3.8) is 0 Å². The third-order valence-corrected chi connectivity index (χ3v) is 2.96. The van der Waals surface area contributed by atoms with Gasteiger partial charge in [0.05, 0.1) is 6.04 Å². The van der Waals surface area contributed by atoms with Crippen LogP contribution in [0, 0.1) is 5.41 Å². The molecule has 0 saturated heterocycles. The second-order valence-corrected chi connectivity index (χ2v) is 5.04. The Morgan fingerprint density at radius 3 is 2.92 bits per heavy atom. The first-order valence-electron chi connectivity index (χ1n) is 5.11. The predicted octanol–water partition coefficient (Wildman–Crippen LogP) is 2.81. The van der Waals surface area contributed by atoms with Crippen molar-refractivity contribution in [1.82, 2.24) is 9.78 Å². The van der Waals surface area contributed by atoms with Crippen molar-refractivity contribution in [1.29, 1.82) is 0 Å². The number of hydrogen-bond acceptors (Lipinski definition) is 1. The zero-order chi connectivity index (χ0) is 9.47. The summed E-state index contributed by atoms with van der Waals surface area (Å²) in [7, 11) is 0. The zero-order valence-electron chi connectivity index (χ0n) is 8.75. The van der Waals surface area contributed by atoms with Crippen LogP contribution in [0.1, 0.15) is 45.3 Å². The molecule has 1 unspecified atom stereocenters. The van der Waals surface area contributed by atoms with Gasteiger partial charge in [-0.25, -0.2) is 0 Å². The van der Waals surface area contributed by atoms with Crippen LogP contribution in [0.15, 0.2) is 12.3 Å². The van der Waals surface area contributed by atoms with Gasteiger partial charge in [0.2, 0.25) is 0 Å².